The van der Waals surface area contributed by atoms with Gasteiger partial charge in [0, 0.05) is 6.42 Å². The molecule has 5 atom stereocenters. The Bertz CT molecular complexity index is 317. The fraction of sp³-hybridized carbons (Fsp3) is 0.800. The normalized spacial score (nSPS) is 36.3. The summed E-state index contributed by atoms with van der Waals surface area (Å²) in [7, 11) is 0. The molecule has 1 aliphatic rings. The predicted octanol–water partition coefficient (Wildman–Crippen LogP) is -1.82. The molecule has 0 aromatic heterocycles. The van der Waals surface area contributed by atoms with Gasteiger partial charge >= 0.3 is 11.9 Å². The van der Waals surface area contributed by atoms with Gasteiger partial charge in [-0.25, -0.2) is 4.79 Å². The molecule has 0 unspecified atom stereocenters. The minimum Gasteiger partial charge on any atom is -0.481 e. The fourth-order valence-corrected chi connectivity index (χ4v) is 1.85. The van der Waals surface area contributed by atoms with Crippen LogP contribution in [0.3, 0.4) is 0 Å². The van der Waals surface area contributed by atoms with Crippen molar-refractivity contribution >= 4 is 11.9 Å². The molecule has 0 amide bonds. The Kier molecular flexibility index (Phi) is 5.03. The zero-order chi connectivity index (χ0) is 13.9. The van der Waals surface area contributed by atoms with E-state index in [-0.39, 0.29) is 19.3 Å². The largest absolute Gasteiger partial charge is 0.481 e. The molecule has 1 heterocycles. The quantitative estimate of drug-likeness (QED) is 0.390. The number of hydrogen-bond donors (Lipinski definition) is 5. The summed E-state index contributed by atoms with van der Waals surface area (Å²) in [6, 6.07) is 0. The summed E-state index contributed by atoms with van der Waals surface area (Å²) < 4.78 is 4.97. The lowest BCUT2D eigenvalue weighted by Crippen LogP contribution is -2.59. The highest BCUT2D eigenvalue weighted by atomic mass is 16.6. The van der Waals surface area contributed by atoms with Crippen LogP contribution in [0.25, 0.3) is 0 Å². The molecule has 0 saturated carbocycles. The Labute approximate surface area is 102 Å². The van der Waals surface area contributed by atoms with Crippen LogP contribution in [0.15, 0.2) is 0 Å². The Hall–Kier alpha value is -1.22. The molecule has 5 N–H and O–H groups in total. The van der Waals surface area contributed by atoms with E-state index in [1.807, 2.05) is 0 Å². The predicted molar refractivity (Wildman–Crippen MR) is 55.8 cm³/mol. The molecular weight excluding hydrogens is 248 g/mol. The second-order valence-corrected chi connectivity index (χ2v) is 4.19. The number of aliphatic hydroxyl groups excluding tert-OH is 3. The van der Waals surface area contributed by atoms with E-state index in [2.05, 4.69) is 0 Å². The second kappa shape index (κ2) is 6.10. The molecule has 1 saturated heterocycles. The highest BCUT2D eigenvalue weighted by Crippen LogP contribution is 2.24. The summed E-state index contributed by atoms with van der Waals surface area (Å²) in [5.41, 5.74) is 0. The van der Waals surface area contributed by atoms with Gasteiger partial charge in [-0.3, -0.25) is 4.79 Å². The number of carbonyl (C=O) groups is 2. The molecular formula is C10H16O8. The molecule has 1 aliphatic heterocycles. The van der Waals surface area contributed by atoms with Crippen molar-refractivity contribution in [2.75, 3.05) is 0 Å². The highest BCUT2D eigenvalue weighted by Gasteiger charge is 2.46. The van der Waals surface area contributed by atoms with Gasteiger partial charge in [0.2, 0.25) is 0 Å². The monoisotopic (exact) mass is 264 g/mol. The van der Waals surface area contributed by atoms with Crippen molar-refractivity contribution < 1.29 is 39.9 Å². The van der Waals surface area contributed by atoms with Gasteiger partial charge in [-0.05, 0) is 12.8 Å². The van der Waals surface area contributed by atoms with Crippen molar-refractivity contribution in [2.45, 2.75) is 49.8 Å². The van der Waals surface area contributed by atoms with Crippen molar-refractivity contribution in [1.29, 1.82) is 0 Å². The standard InChI is InChI=1S/C10H16O8/c11-5(12)3-1-2-4-6(13)7(14)8(15)9(18-4)10(16)17/h4,6-9,13-15H,1-3H2,(H,11,12)(H,16,17)/t4-,6-,7+,8-,9-/m0/s1. The zero-order valence-corrected chi connectivity index (χ0v) is 9.47. The lowest BCUT2D eigenvalue weighted by molar-refractivity contribution is -0.228. The highest BCUT2D eigenvalue weighted by molar-refractivity contribution is 5.73. The molecule has 104 valence electrons. The van der Waals surface area contributed by atoms with Gasteiger partial charge in [0.15, 0.2) is 6.10 Å². The number of rotatable bonds is 5. The summed E-state index contributed by atoms with van der Waals surface area (Å²) in [6.07, 6.45) is -7.31. The van der Waals surface area contributed by atoms with Crippen LogP contribution in [0.5, 0.6) is 0 Å². The first-order chi connectivity index (χ1) is 8.34. The van der Waals surface area contributed by atoms with Gasteiger partial charge in [0.05, 0.1) is 6.10 Å². The molecule has 0 aromatic rings. The van der Waals surface area contributed by atoms with E-state index >= 15 is 0 Å². The first-order valence-electron chi connectivity index (χ1n) is 5.49. The summed E-state index contributed by atoms with van der Waals surface area (Å²) >= 11 is 0. The Morgan fingerprint density at radius 3 is 2.11 bits per heavy atom. The van der Waals surface area contributed by atoms with Crippen molar-refractivity contribution in [3.05, 3.63) is 0 Å². The minimum absolute atomic E-state index is 0.0844. The maximum Gasteiger partial charge on any atom is 0.335 e. The van der Waals surface area contributed by atoms with Crippen molar-refractivity contribution in [1.82, 2.24) is 0 Å². The molecule has 8 heteroatoms. The molecule has 0 radical (unpaired) electrons. The first-order valence-corrected chi connectivity index (χ1v) is 5.49. The fourth-order valence-electron chi connectivity index (χ4n) is 1.85. The van der Waals surface area contributed by atoms with Crippen LogP contribution < -0.4 is 0 Å². The van der Waals surface area contributed by atoms with Crippen LogP contribution in [0.1, 0.15) is 19.3 Å². The second-order valence-electron chi connectivity index (χ2n) is 4.19. The SMILES string of the molecule is O=C(O)CCC[C@@H]1O[C@H](C(=O)O)[C@@H](O)[C@H](O)[C@H]1O. The summed E-state index contributed by atoms with van der Waals surface area (Å²) in [5.74, 6) is -2.47. The Morgan fingerprint density at radius 1 is 1.00 bits per heavy atom. The van der Waals surface area contributed by atoms with Gasteiger partial charge in [0.1, 0.15) is 18.3 Å². The van der Waals surface area contributed by atoms with Crippen LogP contribution in [0.2, 0.25) is 0 Å². The van der Waals surface area contributed by atoms with E-state index in [1.54, 1.807) is 0 Å². The number of aliphatic hydroxyl groups is 3. The zero-order valence-electron chi connectivity index (χ0n) is 9.47. The van der Waals surface area contributed by atoms with Crippen LogP contribution in [-0.4, -0.2) is 68.0 Å². The Morgan fingerprint density at radius 2 is 1.61 bits per heavy atom. The van der Waals surface area contributed by atoms with E-state index in [4.69, 9.17) is 14.9 Å². The van der Waals surface area contributed by atoms with Crippen molar-refractivity contribution in [3.8, 4) is 0 Å². The topological polar surface area (TPSA) is 145 Å². The van der Waals surface area contributed by atoms with Crippen LogP contribution >= 0.6 is 0 Å². The third kappa shape index (κ3) is 3.39. The van der Waals surface area contributed by atoms with Crippen molar-refractivity contribution in [3.63, 3.8) is 0 Å². The molecule has 0 bridgehead atoms. The average Bonchev–Trinajstić information content (AvgIpc) is 2.28. The number of carboxylic acids is 2. The molecule has 1 rings (SSSR count). The molecule has 8 nitrogen and oxygen atoms in total. The average molecular weight is 264 g/mol. The molecule has 1 fully saturated rings. The van der Waals surface area contributed by atoms with Gasteiger partial charge < -0.3 is 30.3 Å². The molecule has 0 spiro atoms. The number of hydrogen-bond acceptors (Lipinski definition) is 6. The molecule has 0 aliphatic carbocycles. The van der Waals surface area contributed by atoms with E-state index in [0.29, 0.717) is 0 Å². The first kappa shape index (κ1) is 14.8. The maximum absolute atomic E-state index is 10.8. The summed E-state index contributed by atoms with van der Waals surface area (Å²) in [5, 5.41) is 45.7. The Balaban J connectivity index is 2.61. The van der Waals surface area contributed by atoms with E-state index in [1.165, 1.54) is 0 Å². The minimum atomic E-state index is -1.71. The van der Waals surface area contributed by atoms with Crippen LogP contribution in [0.4, 0.5) is 0 Å². The lowest BCUT2D eigenvalue weighted by Gasteiger charge is -2.38. The third-order valence-corrected chi connectivity index (χ3v) is 2.84. The number of carboxylic acid groups (broad SMARTS) is 2. The number of ether oxygens (including phenoxy) is 1. The molecule has 0 aromatic carbocycles. The van der Waals surface area contributed by atoms with Gasteiger partial charge in [0.25, 0.3) is 0 Å². The van der Waals surface area contributed by atoms with Crippen LogP contribution in [0, 0.1) is 0 Å². The number of aliphatic carboxylic acids is 2. The van der Waals surface area contributed by atoms with Crippen LogP contribution in [-0.2, 0) is 14.3 Å². The smallest absolute Gasteiger partial charge is 0.335 e. The lowest BCUT2D eigenvalue weighted by atomic mass is 9.92. The van der Waals surface area contributed by atoms with Crippen molar-refractivity contribution in [2.24, 2.45) is 0 Å². The van der Waals surface area contributed by atoms with Gasteiger partial charge in [-0.15, -0.1) is 0 Å². The van der Waals surface area contributed by atoms with Gasteiger partial charge in [-0.1, -0.05) is 0 Å². The van der Waals surface area contributed by atoms with E-state index in [9.17, 15) is 24.9 Å². The van der Waals surface area contributed by atoms with E-state index < -0.39 is 42.5 Å². The maximum atomic E-state index is 10.8. The third-order valence-electron chi connectivity index (χ3n) is 2.84. The summed E-state index contributed by atoms with van der Waals surface area (Å²) in [4.78, 5) is 21.1. The summed E-state index contributed by atoms with van der Waals surface area (Å²) in [6.45, 7) is 0. The van der Waals surface area contributed by atoms with E-state index in [0.717, 1.165) is 0 Å². The van der Waals surface area contributed by atoms with Gasteiger partial charge in [-0.2, -0.15) is 0 Å². The molecule has 18 heavy (non-hydrogen) atoms.